The number of allylic oxidation sites excluding steroid dienone is 1. The summed E-state index contributed by atoms with van der Waals surface area (Å²) in [6, 6.07) is 9.07. The third-order valence-electron chi connectivity index (χ3n) is 6.12. The van der Waals surface area contributed by atoms with Crippen molar-refractivity contribution in [2.75, 3.05) is 13.7 Å². The smallest absolute Gasteiger partial charge is 0.317 e. The van der Waals surface area contributed by atoms with E-state index in [0.29, 0.717) is 18.6 Å². The zero-order valence-corrected chi connectivity index (χ0v) is 15.1. The van der Waals surface area contributed by atoms with E-state index in [2.05, 4.69) is 22.3 Å². The highest BCUT2D eigenvalue weighted by Crippen LogP contribution is 2.43. The number of nitrogens with zero attached hydrogens (tertiary/aromatic N) is 1. The lowest BCUT2D eigenvalue weighted by atomic mass is 9.82. The fourth-order valence-electron chi connectivity index (χ4n) is 4.54. The molecule has 1 aliphatic carbocycles. The molecule has 134 valence electrons. The van der Waals surface area contributed by atoms with Crippen molar-refractivity contribution < 1.29 is 9.53 Å². The van der Waals surface area contributed by atoms with Crippen molar-refractivity contribution >= 4 is 6.03 Å². The number of rotatable bonds is 4. The first-order chi connectivity index (χ1) is 12.2. The quantitative estimate of drug-likeness (QED) is 0.840. The number of ether oxygens (including phenoxy) is 1. The van der Waals surface area contributed by atoms with E-state index in [1.54, 1.807) is 18.3 Å². The highest BCUT2D eigenvalue weighted by Gasteiger charge is 2.42. The first kappa shape index (κ1) is 16.5. The Hall–Kier alpha value is -1.97. The van der Waals surface area contributed by atoms with Crippen molar-refractivity contribution in [1.29, 1.82) is 0 Å². The Balaban J connectivity index is 1.29. The number of hydrogen-bond acceptors (Lipinski definition) is 2. The second-order valence-corrected chi connectivity index (χ2v) is 7.59. The van der Waals surface area contributed by atoms with Gasteiger partial charge in [0.1, 0.15) is 5.75 Å². The van der Waals surface area contributed by atoms with Crippen LogP contribution in [0.4, 0.5) is 4.79 Å². The Kier molecular flexibility index (Phi) is 4.69. The van der Waals surface area contributed by atoms with E-state index in [1.807, 2.05) is 12.1 Å². The molecule has 0 aromatic heterocycles. The van der Waals surface area contributed by atoms with Crippen molar-refractivity contribution in [2.24, 2.45) is 0 Å². The number of nitrogens with one attached hydrogen (secondary N) is 1. The molecular formula is C21H28N2O2. The first-order valence-electron chi connectivity index (χ1n) is 9.63. The summed E-state index contributed by atoms with van der Waals surface area (Å²) in [6.07, 6.45) is 9.43. The number of methoxy groups -OCH3 is 1. The molecule has 1 saturated carbocycles. The van der Waals surface area contributed by atoms with Gasteiger partial charge in [0.2, 0.25) is 0 Å². The van der Waals surface area contributed by atoms with Gasteiger partial charge in [-0.05, 0) is 69.1 Å². The molecule has 4 nitrogen and oxygen atoms in total. The molecule has 2 unspecified atom stereocenters. The predicted molar refractivity (Wildman–Crippen MR) is 98.9 cm³/mol. The molecule has 2 aliphatic heterocycles. The Morgan fingerprint density at radius 2 is 1.80 bits per heavy atom. The number of piperidine rings is 1. The minimum absolute atomic E-state index is 0.138. The predicted octanol–water partition coefficient (Wildman–Crippen LogP) is 4.05. The van der Waals surface area contributed by atoms with Crippen LogP contribution in [0.2, 0.25) is 0 Å². The Morgan fingerprint density at radius 1 is 1.12 bits per heavy atom. The fourth-order valence-corrected chi connectivity index (χ4v) is 4.54. The standard InChI is InChI=1S/C21H28N2O2/c1-25-20-9-5-15(6-10-20)11-12-22-21(24)23-18-7-8-19(23)14-17(13-18)16-3-2-4-16/h5-6,9-10,18-19H,2-4,7-8,11-14H2,1H3,(H,22,24). The van der Waals surface area contributed by atoms with Crippen LogP contribution in [0.1, 0.15) is 50.5 Å². The number of urea groups is 1. The second kappa shape index (κ2) is 7.11. The summed E-state index contributed by atoms with van der Waals surface area (Å²) < 4.78 is 5.18. The zero-order chi connectivity index (χ0) is 17.2. The maximum Gasteiger partial charge on any atom is 0.317 e. The minimum Gasteiger partial charge on any atom is -0.497 e. The van der Waals surface area contributed by atoms with Crippen LogP contribution in [0, 0.1) is 0 Å². The highest BCUT2D eigenvalue weighted by atomic mass is 16.5. The largest absolute Gasteiger partial charge is 0.497 e. The first-order valence-corrected chi connectivity index (χ1v) is 9.63. The topological polar surface area (TPSA) is 41.6 Å². The Bertz CT molecular complexity index is 643. The Morgan fingerprint density at radius 3 is 2.36 bits per heavy atom. The molecule has 0 radical (unpaired) electrons. The van der Waals surface area contributed by atoms with Gasteiger partial charge in [0, 0.05) is 18.6 Å². The van der Waals surface area contributed by atoms with E-state index < -0.39 is 0 Å². The van der Waals surface area contributed by atoms with Gasteiger partial charge in [0.15, 0.2) is 0 Å². The van der Waals surface area contributed by atoms with Gasteiger partial charge in [-0.1, -0.05) is 23.3 Å². The molecule has 4 rings (SSSR count). The van der Waals surface area contributed by atoms with Crippen LogP contribution in [-0.2, 0) is 6.42 Å². The monoisotopic (exact) mass is 340 g/mol. The maximum atomic E-state index is 12.7. The number of carbonyl (C=O) groups is 1. The molecule has 3 aliphatic rings. The van der Waals surface area contributed by atoms with Crippen molar-refractivity contribution in [3.63, 3.8) is 0 Å². The number of carbonyl (C=O) groups excluding carboxylic acids is 1. The minimum atomic E-state index is 0.138. The van der Waals surface area contributed by atoms with Gasteiger partial charge in [0.05, 0.1) is 7.11 Å². The van der Waals surface area contributed by atoms with Gasteiger partial charge in [-0.3, -0.25) is 0 Å². The van der Waals surface area contributed by atoms with Crippen LogP contribution < -0.4 is 10.1 Å². The summed E-state index contributed by atoms with van der Waals surface area (Å²) in [5, 5.41) is 3.14. The lowest BCUT2D eigenvalue weighted by molar-refractivity contribution is 0.160. The lowest BCUT2D eigenvalue weighted by Crippen LogP contribution is -2.50. The molecule has 1 aromatic rings. The van der Waals surface area contributed by atoms with Gasteiger partial charge >= 0.3 is 6.03 Å². The molecule has 25 heavy (non-hydrogen) atoms. The van der Waals surface area contributed by atoms with Crippen molar-refractivity contribution in [3.05, 3.63) is 41.0 Å². The molecule has 2 saturated heterocycles. The van der Waals surface area contributed by atoms with Crippen LogP contribution in [0.3, 0.4) is 0 Å². The van der Waals surface area contributed by atoms with E-state index >= 15 is 0 Å². The van der Waals surface area contributed by atoms with Crippen molar-refractivity contribution in [2.45, 2.75) is 63.5 Å². The van der Waals surface area contributed by atoms with Gasteiger partial charge < -0.3 is 15.0 Å². The van der Waals surface area contributed by atoms with Crippen LogP contribution in [0.15, 0.2) is 35.4 Å². The number of benzene rings is 1. The summed E-state index contributed by atoms with van der Waals surface area (Å²) >= 11 is 0. The Labute approximate surface area is 150 Å². The molecule has 2 bridgehead atoms. The number of amides is 2. The molecule has 1 N–H and O–H groups in total. The fraction of sp³-hybridized carbons (Fsp3) is 0.571. The third kappa shape index (κ3) is 3.39. The van der Waals surface area contributed by atoms with E-state index in [0.717, 1.165) is 25.0 Å². The SMILES string of the molecule is COc1ccc(CCNC(=O)N2C3CCC2CC(=C2CCC2)C3)cc1. The highest BCUT2D eigenvalue weighted by molar-refractivity contribution is 5.75. The molecular weight excluding hydrogens is 312 g/mol. The van der Waals surface area contributed by atoms with Gasteiger partial charge in [0.25, 0.3) is 0 Å². The second-order valence-electron chi connectivity index (χ2n) is 7.59. The molecule has 2 heterocycles. The van der Waals surface area contributed by atoms with E-state index in [-0.39, 0.29) is 6.03 Å². The molecule has 2 amide bonds. The van der Waals surface area contributed by atoms with E-state index in [1.165, 1.54) is 37.7 Å². The zero-order valence-electron chi connectivity index (χ0n) is 15.1. The average molecular weight is 340 g/mol. The van der Waals surface area contributed by atoms with Crippen LogP contribution in [0.25, 0.3) is 0 Å². The molecule has 0 spiro atoms. The van der Waals surface area contributed by atoms with Gasteiger partial charge in [-0.25, -0.2) is 4.79 Å². The third-order valence-corrected chi connectivity index (χ3v) is 6.12. The van der Waals surface area contributed by atoms with E-state index in [9.17, 15) is 4.79 Å². The molecule has 2 atom stereocenters. The maximum absolute atomic E-state index is 12.7. The normalized spacial score (nSPS) is 24.9. The molecule has 1 aromatic carbocycles. The summed E-state index contributed by atoms with van der Waals surface area (Å²) in [7, 11) is 1.68. The summed E-state index contributed by atoms with van der Waals surface area (Å²) in [5.74, 6) is 0.870. The van der Waals surface area contributed by atoms with Crippen LogP contribution in [-0.4, -0.2) is 36.7 Å². The van der Waals surface area contributed by atoms with Gasteiger partial charge in [-0.15, -0.1) is 0 Å². The number of hydrogen-bond donors (Lipinski definition) is 1. The average Bonchev–Trinajstić information content (AvgIpc) is 2.85. The summed E-state index contributed by atoms with van der Waals surface area (Å²) in [5.41, 5.74) is 4.61. The molecule has 4 heteroatoms. The van der Waals surface area contributed by atoms with E-state index in [4.69, 9.17) is 4.74 Å². The van der Waals surface area contributed by atoms with Crippen molar-refractivity contribution in [3.8, 4) is 5.75 Å². The summed E-state index contributed by atoms with van der Waals surface area (Å²) in [6.45, 7) is 0.690. The lowest BCUT2D eigenvalue weighted by Gasteiger charge is -2.38. The number of fused-ring (bicyclic) bond motifs is 2. The van der Waals surface area contributed by atoms with Crippen LogP contribution in [0.5, 0.6) is 5.75 Å². The molecule has 3 fully saturated rings. The van der Waals surface area contributed by atoms with Gasteiger partial charge in [-0.2, -0.15) is 0 Å². The van der Waals surface area contributed by atoms with Crippen LogP contribution >= 0.6 is 0 Å². The summed E-state index contributed by atoms with van der Waals surface area (Å²) in [4.78, 5) is 14.8. The van der Waals surface area contributed by atoms with Crippen molar-refractivity contribution in [1.82, 2.24) is 10.2 Å².